The van der Waals surface area contributed by atoms with E-state index in [4.69, 9.17) is 4.42 Å². The van der Waals surface area contributed by atoms with Crippen LogP contribution in [0.4, 0.5) is 10.2 Å². The average Bonchev–Trinajstić information content (AvgIpc) is 3.02. The summed E-state index contributed by atoms with van der Waals surface area (Å²) in [5.41, 5.74) is 3.12. The highest BCUT2D eigenvalue weighted by Crippen LogP contribution is 2.41. The number of halogens is 1. The largest absolute Gasteiger partial charge is 0.450 e. The van der Waals surface area contributed by atoms with E-state index in [-0.39, 0.29) is 22.3 Å². The molecule has 0 radical (unpaired) electrons. The second kappa shape index (κ2) is 6.87. The molecule has 0 aliphatic carbocycles. The minimum atomic E-state index is -0.972. The van der Waals surface area contributed by atoms with Crippen LogP contribution in [0.5, 0.6) is 0 Å². The summed E-state index contributed by atoms with van der Waals surface area (Å²) in [4.78, 5) is 32.7. The monoisotopic (exact) mass is 414 g/mol. The van der Waals surface area contributed by atoms with Crippen molar-refractivity contribution in [2.24, 2.45) is 0 Å². The second-order valence-corrected chi connectivity index (χ2v) is 7.90. The van der Waals surface area contributed by atoms with Crippen molar-refractivity contribution < 1.29 is 13.6 Å². The van der Waals surface area contributed by atoms with Crippen molar-refractivity contribution in [1.29, 1.82) is 0 Å². The summed E-state index contributed by atoms with van der Waals surface area (Å²) in [6.45, 7) is 5.69. The molecule has 3 heterocycles. The Morgan fingerprint density at radius 2 is 1.74 bits per heavy atom. The van der Waals surface area contributed by atoms with Crippen molar-refractivity contribution in [2.75, 3.05) is 4.90 Å². The first-order valence-electron chi connectivity index (χ1n) is 9.95. The maximum Gasteiger partial charge on any atom is 0.296 e. The van der Waals surface area contributed by atoms with Gasteiger partial charge >= 0.3 is 0 Å². The van der Waals surface area contributed by atoms with E-state index >= 15 is 0 Å². The Morgan fingerprint density at radius 1 is 1.00 bits per heavy atom. The van der Waals surface area contributed by atoms with Crippen molar-refractivity contribution in [3.05, 3.63) is 104 Å². The summed E-state index contributed by atoms with van der Waals surface area (Å²) in [7, 11) is 0. The van der Waals surface area contributed by atoms with Crippen LogP contribution >= 0.6 is 0 Å². The predicted octanol–water partition coefficient (Wildman–Crippen LogP) is 5.00. The summed E-state index contributed by atoms with van der Waals surface area (Å²) < 4.78 is 20.9. The summed E-state index contributed by atoms with van der Waals surface area (Å²) in [6, 6.07) is 12.2. The van der Waals surface area contributed by atoms with Crippen LogP contribution in [0.3, 0.4) is 0 Å². The zero-order valence-corrected chi connectivity index (χ0v) is 17.3. The van der Waals surface area contributed by atoms with Crippen molar-refractivity contribution in [2.45, 2.75) is 26.8 Å². The van der Waals surface area contributed by atoms with E-state index in [1.165, 1.54) is 11.0 Å². The molecule has 1 atom stereocenters. The molecule has 0 saturated carbocycles. The standard InChI is InChI=1S/C25H19FN2O3/c1-13-8-9-27-20(10-13)28-22(16-6-4-5-7-18(16)26)21-23(29)17-11-14(2)15(3)12-19(17)31-24(21)25(28)30/h4-12,22H,1-3H3/t22-/m1/s1. The van der Waals surface area contributed by atoms with Gasteiger partial charge in [-0.3, -0.25) is 14.5 Å². The Kier molecular flexibility index (Phi) is 4.25. The van der Waals surface area contributed by atoms with Gasteiger partial charge in [0.15, 0.2) is 5.43 Å². The summed E-state index contributed by atoms with van der Waals surface area (Å²) in [5.74, 6) is -0.762. The van der Waals surface area contributed by atoms with E-state index in [1.54, 1.807) is 48.7 Å². The predicted molar refractivity (Wildman–Crippen MR) is 116 cm³/mol. The third-order valence-electron chi connectivity index (χ3n) is 5.83. The van der Waals surface area contributed by atoms with Gasteiger partial charge in [0.25, 0.3) is 5.91 Å². The Bertz CT molecular complexity index is 1440. The number of anilines is 1. The Hall–Kier alpha value is -3.80. The number of rotatable bonds is 2. The third kappa shape index (κ3) is 2.86. The van der Waals surface area contributed by atoms with Crippen molar-refractivity contribution in [3.63, 3.8) is 0 Å². The molecule has 1 amide bonds. The van der Waals surface area contributed by atoms with E-state index in [1.807, 2.05) is 20.8 Å². The molecule has 5 rings (SSSR count). The van der Waals surface area contributed by atoms with Gasteiger partial charge in [0, 0.05) is 11.8 Å². The molecule has 31 heavy (non-hydrogen) atoms. The number of aromatic nitrogens is 1. The van der Waals surface area contributed by atoms with Crippen LogP contribution in [0, 0.1) is 26.6 Å². The summed E-state index contributed by atoms with van der Waals surface area (Å²) in [6.07, 6.45) is 1.58. The molecule has 0 fully saturated rings. The normalized spacial score (nSPS) is 15.5. The van der Waals surface area contributed by atoms with Crippen LogP contribution in [-0.4, -0.2) is 10.9 Å². The average molecular weight is 414 g/mol. The van der Waals surface area contributed by atoms with Crippen molar-refractivity contribution >= 4 is 22.7 Å². The van der Waals surface area contributed by atoms with Crippen LogP contribution < -0.4 is 10.3 Å². The van der Waals surface area contributed by atoms with E-state index < -0.39 is 17.8 Å². The van der Waals surface area contributed by atoms with Gasteiger partial charge in [0.1, 0.15) is 17.2 Å². The molecule has 2 aromatic carbocycles. The van der Waals surface area contributed by atoms with Gasteiger partial charge in [-0.15, -0.1) is 0 Å². The van der Waals surface area contributed by atoms with Gasteiger partial charge < -0.3 is 4.42 Å². The van der Waals surface area contributed by atoms with Crippen molar-refractivity contribution in [1.82, 2.24) is 4.98 Å². The highest BCUT2D eigenvalue weighted by molar-refractivity contribution is 6.10. The number of hydrogen-bond donors (Lipinski definition) is 0. The van der Waals surface area contributed by atoms with Gasteiger partial charge in [0.05, 0.1) is 17.0 Å². The maximum absolute atomic E-state index is 14.9. The number of carbonyl (C=O) groups is 1. The molecule has 0 unspecified atom stereocenters. The Morgan fingerprint density at radius 3 is 2.48 bits per heavy atom. The number of hydrogen-bond acceptors (Lipinski definition) is 4. The van der Waals surface area contributed by atoms with Gasteiger partial charge in [-0.1, -0.05) is 18.2 Å². The molecule has 4 aromatic rings. The number of aryl methyl sites for hydroxylation is 3. The van der Waals surface area contributed by atoms with Crippen LogP contribution in [0.25, 0.3) is 11.0 Å². The van der Waals surface area contributed by atoms with Crippen LogP contribution in [0.1, 0.15) is 44.4 Å². The van der Waals surface area contributed by atoms with E-state index in [0.717, 1.165) is 16.7 Å². The first-order valence-corrected chi connectivity index (χ1v) is 9.95. The molecule has 0 spiro atoms. The van der Waals surface area contributed by atoms with Crippen molar-refractivity contribution in [3.8, 4) is 0 Å². The maximum atomic E-state index is 14.9. The molecule has 0 saturated heterocycles. The highest BCUT2D eigenvalue weighted by Gasteiger charge is 2.45. The first kappa shape index (κ1) is 19.2. The number of benzene rings is 2. The number of amides is 1. The van der Waals surface area contributed by atoms with Gasteiger partial charge in [-0.05, 0) is 67.8 Å². The molecule has 1 aliphatic heterocycles. The number of carbonyl (C=O) groups excluding carboxylic acids is 1. The molecule has 154 valence electrons. The fraction of sp³-hybridized carbons (Fsp3) is 0.160. The minimum absolute atomic E-state index is 0.0719. The molecular weight excluding hydrogens is 395 g/mol. The molecule has 0 bridgehead atoms. The first-order chi connectivity index (χ1) is 14.9. The van der Waals surface area contributed by atoms with Crippen LogP contribution in [0.15, 0.2) is 63.9 Å². The topological polar surface area (TPSA) is 63.4 Å². The van der Waals surface area contributed by atoms with Crippen LogP contribution in [0.2, 0.25) is 0 Å². The zero-order chi connectivity index (χ0) is 21.9. The minimum Gasteiger partial charge on any atom is -0.450 e. The number of pyridine rings is 1. The lowest BCUT2D eigenvalue weighted by Gasteiger charge is -2.24. The Balaban J connectivity index is 1.86. The molecule has 6 heteroatoms. The Labute approximate surface area is 177 Å². The fourth-order valence-corrected chi connectivity index (χ4v) is 4.11. The number of fused-ring (bicyclic) bond motifs is 2. The number of nitrogens with zero attached hydrogens (tertiary/aromatic N) is 2. The van der Waals surface area contributed by atoms with E-state index in [0.29, 0.717) is 16.8 Å². The smallest absolute Gasteiger partial charge is 0.296 e. The zero-order valence-electron chi connectivity index (χ0n) is 17.3. The van der Waals surface area contributed by atoms with E-state index in [9.17, 15) is 14.0 Å². The van der Waals surface area contributed by atoms with Gasteiger partial charge in [-0.2, -0.15) is 0 Å². The molecule has 5 nitrogen and oxygen atoms in total. The molecule has 2 aromatic heterocycles. The lowest BCUT2D eigenvalue weighted by molar-refractivity contribution is 0.0970. The van der Waals surface area contributed by atoms with Crippen LogP contribution in [-0.2, 0) is 0 Å². The molecule has 0 N–H and O–H groups in total. The summed E-state index contributed by atoms with van der Waals surface area (Å²) >= 11 is 0. The highest BCUT2D eigenvalue weighted by atomic mass is 19.1. The second-order valence-electron chi connectivity index (χ2n) is 7.90. The quantitative estimate of drug-likeness (QED) is 0.463. The lowest BCUT2D eigenvalue weighted by atomic mass is 9.97. The summed E-state index contributed by atoms with van der Waals surface area (Å²) in [5, 5.41) is 0.370. The molecular formula is C25H19FN2O3. The van der Waals surface area contributed by atoms with E-state index in [2.05, 4.69) is 4.98 Å². The molecule has 1 aliphatic rings. The SMILES string of the molecule is Cc1ccnc(N2C(=O)c3oc4cc(C)c(C)cc4c(=O)c3[C@H]2c2ccccc2F)c1. The lowest BCUT2D eigenvalue weighted by Crippen LogP contribution is -2.30. The van der Waals surface area contributed by atoms with Gasteiger partial charge in [0.2, 0.25) is 5.76 Å². The fourth-order valence-electron chi connectivity index (χ4n) is 4.11. The van der Waals surface area contributed by atoms with Gasteiger partial charge in [-0.25, -0.2) is 9.37 Å². The third-order valence-corrected chi connectivity index (χ3v) is 5.83.